The van der Waals surface area contributed by atoms with E-state index in [0.717, 1.165) is 6.42 Å². The van der Waals surface area contributed by atoms with Gasteiger partial charge >= 0.3 is 5.97 Å². The molecular weight excluding hydrogens is 92.1 g/mol. The third-order valence-corrected chi connectivity index (χ3v) is 0.972. The zero-order valence-corrected chi connectivity index (χ0v) is 3.77. The van der Waals surface area contributed by atoms with Gasteiger partial charge in [0, 0.05) is 5.57 Å². The fraction of sp³-hybridized carbons (Fsp3) is 0.400. The highest BCUT2D eigenvalue weighted by molar-refractivity contribution is 5.87. The second kappa shape index (κ2) is 1.37. The molecule has 0 aromatic heterocycles. The molecule has 0 aromatic carbocycles. The minimum absolute atomic E-state index is 0.444. The molecule has 0 saturated carbocycles. The predicted molar refractivity (Wildman–Crippen MR) is 23.6 cm³/mol. The van der Waals surface area contributed by atoms with Gasteiger partial charge in [-0.15, -0.1) is 0 Å². The molecule has 0 aliphatic heterocycles. The smallest absolute Gasteiger partial charge is 0.331 e. The van der Waals surface area contributed by atoms with Gasteiger partial charge in [-0.25, -0.2) is 4.79 Å². The summed E-state index contributed by atoms with van der Waals surface area (Å²) < 4.78 is 0. The Hall–Kier alpha value is -0.790. The average Bonchev–Trinajstić information content (AvgIpc) is 1.23. The molecular formula is C5H5O2. The maximum Gasteiger partial charge on any atom is 0.331 e. The molecule has 2 nitrogen and oxygen atoms in total. The first kappa shape index (κ1) is 4.37. The lowest BCUT2D eigenvalue weighted by molar-refractivity contribution is -0.133. The predicted octanol–water partition coefficient (Wildman–Crippen LogP) is 0.594. The van der Waals surface area contributed by atoms with Crippen molar-refractivity contribution in [3.05, 3.63) is 11.6 Å². The van der Waals surface area contributed by atoms with Gasteiger partial charge in [-0.05, 0) is 18.9 Å². The van der Waals surface area contributed by atoms with Gasteiger partial charge in [-0.3, -0.25) is 0 Å². The molecule has 1 rings (SSSR count). The number of carboxylic acids is 1. The highest BCUT2D eigenvalue weighted by Crippen LogP contribution is 2.15. The normalized spacial score (nSPS) is 17.4. The average molecular weight is 97.1 g/mol. The summed E-state index contributed by atoms with van der Waals surface area (Å²) >= 11 is 0. The quantitative estimate of drug-likeness (QED) is 0.520. The molecule has 0 fully saturated rings. The number of hydrogen-bond donors (Lipinski definition) is 1. The van der Waals surface area contributed by atoms with Gasteiger partial charge in [0.05, 0.1) is 0 Å². The summed E-state index contributed by atoms with van der Waals surface area (Å²) in [6.45, 7) is 0. The van der Waals surface area contributed by atoms with Crippen LogP contribution in [-0.4, -0.2) is 11.1 Å². The van der Waals surface area contributed by atoms with Crippen LogP contribution in [0.2, 0.25) is 0 Å². The van der Waals surface area contributed by atoms with E-state index in [9.17, 15) is 4.79 Å². The Morgan fingerprint density at radius 1 is 1.86 bits per heavy atom. The maximum atomic E-state index is 9.88. The Morgan fingerprint density at radius 3 is 2.43 bits per heavy atom. The first-order valence-corrected chi connectivity index (χ1v) is 2.13. The lowest BCUT2D eigenvalue weighted by Crippen LogP contribution is -2.06. The Labute approximate surface area is 41.5 Å². The van der Waals surface area contributed by atoms with Gasteiger partial charge in [0.25, 0.3) is 0 Å². The summed E-state index contributed by atoms with van der Waals surface area (Å²) in [6, 6.07) is 0. The van der Waals surface area contributed by atoms with Crippen LogP contribution in [0.4, 0.5) is 0 Å². The lowest BCUT2D eigenvalue weighted by Gasteiger charge is -2.05. The zero-order chi connectivity index (χ0) is 5.28. The number of carboxylic acid groups (broad SMARTS) is 1. The van der Waals surface area contributed by atoms with Crippen molar-refractivity contribution in [1.29, 1.82) is 0 Å². The standard InChI is InChI=1S/C5H5O2/c6-5(7)4-2-1-3-4/h1-2H2,(H,6,7). The fourth-order valence-electron chi connectivity index (χ4n) is 0.433. The topological polar surface area (TPSA) is 37.3 Å². The molecule has 0 unspecified atom stereocenters. The van der Waals surface area contributed by atoms with E-state index in [0.29, 0.717) is 12.0 Å². The summed E-state index contributed by atoms with van der Waals surface area (Å²) in [4.78, 5) is 9.88. The van der Waals surface area contributed by atoms with E-state index in [-0.39, 0.29) is 0 Å². The maximum absolute atomic E-state index is 9.88. The molecule has 2 heteroatoms. The van der Waals surface area contributed by atoms with Gasteiger partial charge in [-0.2, -0.15) is 0 Å². The Bertz CT molecular complexity index is 124. The summed E-state index contributed by atoms with van der Waals surface area (Å²) in [7, 11) is 0. The van der Waals surface area contributed by atoms with E-state index < -0.39 is 5.97 Å². The van der Waals surface area contributed by atoms with Crippen molar-refractivity contribution >= 4 is 5.97 Å². The highest BCUT2D eigenvalue weighted by Gasteiger charge is 2.12. The van der Waals surface area contributed by atoms with E-state index in [1.165, 1.54) is 0 Å². The van der Waals surface area contributed by atoms with Gasteiger partial charge in [-0.1, -0.05) is 0 Å². The minimum Gasteiger partial charge on any atom is -0.478 e. The minimum atomic E-state index is -0.814. The van der Waals surface area contributed by atoms with Crippen LogP contribution >= 0.6 is 0 Å². The van der Waals surface area contributed by atoms with Crippen LogP contribution in [0, 0.1) is 6.08 Å². The van der Waals surface area contributed by atoms with Crippen LogP contribution in [0.1, 0.15) is 12.8 Å². The number of allylic oxidation sites excluding steroid dienone is 1. The Morgan fingerprint density at radius 2 is 2.43 bits per heavy atom. The van der Waals surface area contributed by atoms with E-state index >= 15 is 0 Å². The molecule has 0 saturated heterocycles. The van der Waals surface area contributed by atoms with Crippen molar-refractivity contribution in [2.24, 2.45) is 0 Å². The van der Waals surface area contributed by atoms with E-state index in [1.54, 1.807) is 0 Å². The molecule has 0 aromatic rings. The van der Waals surface area contributed by atoms with Crippen LogP contribution in [0.25, 0.3) is 0 Å². The number of aliphatic carboxylic acids is 1. The molecule has 1 N–H and O–H groups in total. The van der Waals surface area contributed by atoms with E-state index in [4.69, 9.17) is 5.11 Å². The third kappa shape index (κ3) is 0.633. The highest BCUT2D eigenvalue weighted by atomic mass is 16.4. The second-order valence-electron chi connectivity index (χ2n) is 1.46. The van der Waals surface area contributed by atoms with Crippen LogP contribution in [-0.2, 0) is 4.79 Å². The van der Waals surface area contributed by atoms with Gasteiger partial charge < -0.3 is 5.11 Å². The van der Waals surface area contributed by atoms with Crippen molar-refractivity contribution in [2.45, 2.75) is 12.8 Å². The largest absolute Gasteiger partial charge is 0.478 e. The molecule has 0 heterocycles. The van der Waals surface area contributed by atoms with Crippen LogP contribution in [0.5, 0.6) is 0 Å². The van der Waals surface area contributed by atoms with Gasteiger partial charge in [0.2, 0.25) is 0 Å². The monoisotopic (exact) mass is 97.0 g/mol. The third-order valence-electron chi connectivity index (χ3n) is 0.972. The molecule has 0 spiro atoms. The van der Waals surface area contributed by atoms with Crippen molar-refractivity contribution in [3.63, 3.8) is 0 Å². The first-order valence-electron chi connectivity index (χ1n) is 2.13. The molecule has 0 bridgehead atoms. The molecule has 0 amide bonds. The Kier molecular flexibility index (Phi) is 0.855. The number of hydrogen-bond acceptors (Lipinski definition) is 1. The zero-order valence-electron chi connectivity index (χ0n) is 3.77. The SMILES string of the molecule is O=C(O)C1=[C]CC1. The Balaban J connectivity index is 2.57. The van der Waals surface area contributed by atoms with Crippen molar-refractivity contribution < 1.29 is 9.90 Å². The summed E-state index contributed by atoms with van der Waals surface area (Å²) in [5, 5.41) is 8.13. The molecule has 1 aliphatic rings. The molecule has 1 radical (unpaired) electrons. The molecule has 1 aliphatic carbocycles. The summed E-state index contributed by atoms with van der Waals surface area (Å²) in [5.74, 6) is -0.814. The lowest BCUT2D eigenvalue weighted by atomic mass is 10.00. The van der Waals surface area contributed by atoms with Crippen LogP contribution in [0.15, 0.2) is 5.57 Å². The first-order chi connectivity index (χ1) is 3.30. The van der Waals surface area contributed by atoms with E-state index in [2.05, 4.69) is 6.08 Å². The molecule has 37 valence electrons. The van der Waals surface area contributed by atoms with Crippen molar-refractivity contribution in [2.75, 3.05) is 0 Å². The van der Waals surface area contributed by atoms with Gasteiger partial charge in [0.1, 0.15) is 0 Å². The second-order valence-corrected chi connectivity index (χ2v) is 1.46. The van der Waals surface area contributed by atoms with Crippen molar-refractivity contribution in [1.82, 2.24) is 0 Å². The molecule has 7 heavy (non-hydrogen) atoms. The van der Waals surface area contributed by atoms with E-state index in [1.807, 2.05) is 0 Å². The van der Waals surface area contributed by atoms with Crippen LogP contribution < -0.4 is 0 Å². The summed E-state index contributed by atoms with van der Waals surface area (Å²) in [5.41, 5.74) is 0.444. The number of carbonyl (C=O) groups is 1. The van der Waals surface area contributed by atoms with Crippen molar-refractivity contribution in [3.8, 4) is 0 Å². The van der Waals surface area contributed by atoms with Gasteiger partial charge in [0.15, 0.2) is 0 Å². The summed E-state index contributed by atoms with van der Waals surface area (Å²) in [6.07, 6.45) is 4.19. The molecule has 0 atom stereocenters. The van der Waals surface area contributed by atoms with Crippen LogP contribution in [0.3, 0.4) is 0 Å². The fourth-order valence-corrected chi connectivity index (χ4v) is 0.433. The number of rotatable bonds is 1.